The molecular weight excluding hydrogens is 563 g/mol. The predicted octanol–water partition coefficient (Wildman–Crippen LogP) is 6.88. The zero-order chi connectivity index (χ0) is 26.8. The molecule has 0 saturated heterocycles. The summed E-state index contributed by atoms with van der Waals surface area (Å²) >= 11 is 3.07. The van der Waals surface area contributed by atoms with Gasteiger partial charge in [0.15, 0.2) is 5.78 Å². The van der Waals surface area contributed by atoms with E-state index in [0.29, 0.717) is 12.0 Å². The van der Waals surface area contributed by atoms with E-state index >= 15 is 0 Å². The van der Waals surface area contributed by atoms with Crippen LogP contribution in [0.2, 0.25) is 0 Å². The quantitative estimate of drug-likeness (QED) is 0.247. The molecule has 0 radical (unpaired) electrons. The number of nitrogens with one attached hydrogen (secondary N) is 2. The Balaban J connectivity index is 0.00000507. The second-order valence-corrected chi connectivity index (χ2v) is 11.4. The Bertz CT molecular complexity index is 1210. The second kappa shape index (κ2) is 17.8. The lowest BCUT2D eigenvalue weighted by Crippen LogP contribution is -2.42. The number of carbonyl (C=O) groups excluding carboxylic acids is 3. The number of hydrogen-bond donors (Lipinski definition) is 2. The first-order valence-electron chi connectivity index (χ1n) is 12.0. The normalized spacial score (nSPS) is 11.1. The molecule has 0 spiro atoms. The molecule has 1 aromatic heterocycles. The highest BCUT2D eigenvalue weighted by Gasteiger charge is 2.23. The van der Waals surface area contributed by atoms with Gasteiger partial charge in [-0.25, -0.2) is 9.78 Å². The van der Waals surface area contributed by atoms with E-state index in [9.17, 15) is 14.4 Å². The molecule has 1 atom stereocenters. The fourth-order valence-corrected chi connectivity index (χ4v) is 4.79. The summed E-state index contributed by atoms with van der Waals surface area (Å²) in [6, 6.07) is 16.2. The molecule has 40 heavy (non-hydrogen) atoms. The molecule has 0 fully saturated rings. The Morgan fingerprint density at radius 1 is 1.05 bits per heavy atom. The Morgan fingerprint density at radius 2 is 1.75 bits per heavy atom. The van der Waals surface area contributed by atoms with Crippen LogP contribution in [0.4, 0.5) is 4.79 Å². The summed E-state index contributed by atoms with van der Waals surface area (Å²) < 4.78 is 5.26. The SMILES string of the molecule is C.C.CSCC[C@H](NC(=O)c1cccc(CNC(=O)OC(C)(C)C)c1)C(=O)Cc1nc(-c2ccccc2)cs1.S. The standard InChI is InChI=1S/C28H33N3O4S2.2CH4.H2S/c1-28(2,3)35-27(34)29-17-19-9-8-12-21(15-19)26(33)31-22(13-14-36-4)24(32)16-25-30-23(18-37-25)20-10-6-5-7-11-20;;;/h5-12,15,18,22H,13-14,16-17H2,1-4H3,(H,29,34)(H,31,33);2*1H4;1H2/t22-;;;/m0.../s1. The number of ether oxygens (including phenoxy) is 1. The molecule has 2 N–H and O–H groups in total. The fraction of sp³-hybridized carbons (Fsp3) is 0.400. The van der Waals surface area contributed by atoms with Crippen molar-refractivity contribution in [1.29, 1.82) is 0 Å². The average Bonchev–Trinajstić information content (AvgIpc) is 3.33. The first kappa shape index (κ1) is 37.2. The molecule has 0 aliphatic heterocycles. The smallest absolute Gasteiger partial charge is 0.407 e. The molecule has 1 heterocycles. The molecule has 0 aliphatic rings. The summed E-state index contributed by atoms with van der Waals surface area (Å²) in [4.78, 5) is 42.8. The van der Waals surface area contributed by atoms with Crippen LogP contribution >= 0.6 is 36.6 Å². The van der Waals surface area contributed by atoms with Crippen molar-refractivity contribution in [2.45, 2.75) is 66.7 Å². The summed E-state index contributed by atoms with van der Waals surface area (Å²) in [6.07, 6.45) is 2.14. The number of benzene rings is 2. The molecule has 10 heteroatoms. The Labute approximate surface area is 254 Å². The monoisotopic (exact) mass is 605 g/mol. The average molecular weight is 606 g/mol. The van der Waals surface area contributed by atoms with E-state index in [4.69, 9.17) is 4.74 Å². The number of rotatable bonds is 11. The largest absolute Gasteiger partial charge is 0.444 e. The van der Waals surface area contributed by atoms with Gasteiger partial charge in [0, 0.05) is 23.1 Å². The van der Waals surface area contributed by atoms with E-state index in [-0.39, 0.29) is 53.0 Å². The minimum atomic E-state index is -0.618. The molecule has 7 nitrogen and oxygen atoms in total. The molecule has 0 bridgehead atoms. The molecule has 0 saturated carbocycles. The highest BCUT2D eigenvalue weighted by molar-refractivity contribution is 7.98. The number of thioether (sulfide) groups is 1. The first-order chi connectivity index (χ1) is 17.6. The molecular formula is C30H43N3O4S3. The summed E-state index contributed by atoms with van der Waals surface area (Å²) in [6.45, 7) is 5.60. The van der Waals surface area contributed by atoms with Crippen molar-refractivity contribution in [3.63, 3.8) is 0 Å². The van der Waals surface area contributed by atoms with Crippen LogP contribution in [0.5, 0.6) is 0 Å². The number of ketones is 1. The maximum Gasteiger partial charge on any atom is 0.407 e. The van der Waals surface area contributed by atoms with Crippen LogP contribution in [0.15, 0.2) is 60.0 Å². The van der Waals surface area contributed by atoms with Crippen LogP contribution in [-0.4, -0.2) is 46.4 Å². The second-order valence-electron chi connectivity index (χ2n) is 9.50. The van der Waals surface area contributed by atoms with Crippen LogP contribution in [0.1, 0.15) is 63.0 Å². The molecule has 2 aromatic carbocycles. The van der Waals surface area contributed by atoms with E-state index in [1.165, 1.54) is 11.3 Å². The number of hydrogen-bond acceptors (Lipinski definition) is 7. The summed E-state index contributed by atoms with van der Waals surface area (Å²) in [5.74, 6) is 0.339. The number of thiazole rings is 1. The summed E-state index contributed by atoms with van der Waals surface area (Å²) in [7, 11) is 0. The van der Waals surface area contributed by atoms with Gasteiger partial charge in [0.1, 0.15) is 10.6 Å². The lowest BCUT2D eigenvalue weighted by molar-refractivity contribution is -0.120. The number of carbonyl (C=O) groups is 3. The maximum absolute atomic E-state index is 13.2. The highest BCUT2D eigenvalue weighted by Crippen LogP contribution is 2.22. The van der Waals surface area contributed by atoms with Crippen molar-refractivity contribution in [3.8, 4) is 11.3 Å². The molecule has 3 rings (SSSR count). The van der Waals surface area contributed by atoms with Gasteiger partial charge in [-0.2, -0.15) is 25.3 Å². The van der Waals surface area contributed by atoms with Gasteiger partial charge in [-0.05, 0) is 56.9 Å². The van der Waals surface area contributed by atoms with Gasteiger partial charge in [-0.1, -0.05) is 57.3 Å². The molecule has 0 aliphatic carbocycles. The third-order valence-corrected chi connectivity index (χ3v) is 6.77. The van der Waals surface area contributed by atoms with Gasteiger partial charge in [0.05, 0.1) is 18.2 Å². The van der Waals surface area contributed by atoms with Crippen molar-refractivity contribution in [1.82, 2.24) is 15.6 Å². The third kappa shape index (κ3) is 12.1. The van der Waals surface area contributed by atoms with Gasteiger partial charge >= 0.3 is 6.09 Å². The number of nitrogens with zero attached hydrogens (tertiary/aromatic N) is 1. The first-order valence-corrected chi connectivity index (χ1v) is 14.3. The lowest BCUT2D eigenvalue weighted by Gasteiger charge is -2.20. The van der Waals surface area contributed by atoms with Gasteiger partial charge in [0.2, 0.25) is 0 Å². The number of alkyl carbamates (subject to hydrolysis) is 1. The van der Waals surface area contributed by atoms with E-state index in [1.807, 2.05) is 48.0 Å². The zero-order valence-corrected chi connectivity index (χ0v) is 24.7. The number of Topliss-reactive ketones (excluding diaryl/α,β-unsaturated/α-hetero) is 1. The minimum absolute atomic E-state index is 0. The molecule has 0 unspecified atom stereocenters. The number of amides is 2. The van der Waals surface area contributed by atoms with E-state index in [2.05, 4.69) is 15.6 Å². The summed E-state index contributed by atoms with van der Waals surface area (Å²) in [5, 5.41) is 8.28. The molecule has 3 aromatic rings. The van der Waals surface area contributed by atoms with Gasteiger partial charge < -0.3 is 15.4 Å². The Hall–Kier alpha value is -2.82. The minimum Gasteiger partial charge on any atom is -0.444 e. The fourth-order valence-electron chi connectivity index (χ4n) is 3.51. The number of aromatic nitrogens is 1. The van der Waals surface area contributed by atoms with Gasteiger partial charge in [0.25, 0.3) is 5.91 Å². The van der Waals surface area contributed by atoms with Crippen LogP contribution < -0.4 is 10.6 Å². The van der Waals surface area contributed by atoms with E-state index in [1.54, 1.807) is 50.7 Å². The molecule has 220 valence electrons. The van der Waals surface area contributed by atoms with Crippen molar-refractivity contribution < 1.29 is 19.1 Å². The molecule has 2 amide bonds. The third-order valence-electron chi connectivity index (χ3n) is 5.28. The van der Waals surface area contributed by atoms with Crippen LogP contribution in [-0.2, 0) is 22.5 Å². The van der Waals surface area contributed by atoms with E-state index < -0.39 is 17.7 Å². The lowest BCUT2D eigenvalue weighted by atomic mass is 10.1. The predicted molar refractivity (Wildman–Crippen MR) is 174 cm³/mol. The van der Waals surface area contributed by atoms with Crippen LogP contribution in [0, 0.1) is 0 Å². The van der Waals surface area contributed by atoms with E-state index in [0.717, 1.165) is 27.6 Å². The van der Waals surface area contributed by atoms with Crippen molar-refractivity contribution >= 4 is 54.4 Å². The topological polar surface area (TPSA) is 97.4 Å². The van der Waals surface area contributed by atoms with Crippen LogP contribution in [0.3, 0.4) is 0 Å². The summed E-state index contributed by atoms with van der Waals surface area (Å²) in [5.41, 5.74) is 2.43. The van der Waals surface area contributed by atoms with Crippen LogP contribution in [0.25, 0.3) is 11.3 Å². The van der Waals surface area contributed by atoms with Crippen molar-refractivity contribution in [2.75, 3.05) is 12.0 Å². The van der Waals surface area contributed by atoms with Gasteiger partial charge in [-0.3, -0.25) is 9.59 Å². The zero-order valence-electron chi connectivity index (χ0n) is 22.1. The van der Waals surface area contributed by atoms with Crippen molar-refractivity contribution in [3.05, 3.63) is 76.1 Å². The maximum atomic E-state index is 13.2. The van der Waals surface area contributed by atoms with Crippen molar-refractivity contribution in [2.24, 2.45) is 0 Å². The van der Waals surface area contributed by atoms with Gasteiger partial charge in [-0.15, -0.1) is 11.3 Å². The Morgan fingerprint density at radius 3 is 2.40 bits per heavy atom. The Kier molecular flexibility index (Phi) is 16.5. The highest BCUT2D eigenvalue weighted by atomic mass is 32.2.